The zero-order valence-corrected chi connectivity index (χ0v) is 17.3. The number of rotatable bonds is 6. The number of aromatic nitrogens is 3. The molecule has 6 heteroatoms. The molecular formula is C23H29N5O. The molecule has 1 aliphatic heterocycles. The Morgan fingerprint density at radius 1 is 1.07 bits per heavy atom. The second-order valence-corrected chi connectivity index (χ2v) is 7.75. The van der Waals surface area contributed by atoms with Crippen LogP contribution in [0.2, 0.25) is 0 Å². The smallest absolute Gasteiger partial charge is 0.261 e. The minimum atomic E-state index is 0.567. The summed E-state index contributed by atoms with van der Waals surface area (Å²) in [5, 5.41) is 4.11. The Bertz CT molecular complexity index is 938. The summed E-state index contributed by atoms with van der Waals surface area (Å²) in [5.74, 6) is 2.27. The van der Waals surface area contributed by atoms with E-state index in [0.29, 0.717) is 5.89 Å². The minimum Gasteiger partial charge on any atom is -0.355 e. The van der Waals surface area contributed by atoms with Crippen molar-refractivity contribution in [3.63, 3.8) is 0 Å². The van der Waals surface area contributed by atoms with Crippen LogP contribution in [0.4, 0.5) is 5.82 Å². The molecule has 3 heterocycles. The minimum absolute atomic E-state index is 0.567. The molecule has 29 heavy (non-hydrogen) atoms. The molecule has 1 fully saturated rings. The van der Waals surface area contributed by atoms with Crippen molar-refractivity contribution < 1.29 is 4.52 Å². The molecule has 0 saturated carbocycles. The summed E-state index contributed by atoms with van der Waals surface area (Å²) in [7, 11) is 0. The van der Waals surface area contributed by atoms with Crippen molar-refractivity contribution in [1.82, 2.24) is 20.0 Å². The average molecular weight is 392 g/mol. The van der Waals surface area contributed by atoms with Gasteiger partial charge in [-0.2, -0.15) is 4.98 Å². The van der Waals surface area contributed by atoms with Gasteiger partial charge in [0.05, 0.1) is 5.56 Å². The molecule has 1 saturated heterocycles. The van der Waals surface area contributed by atoms with Crippen molar-refractivity contribution in [2.45, 2.75) is 39.7 Å². The molecule has 0 N–H and O–H groups in total. The lowest BCUT2D eigenvalue weighted by atomic mass is 10.1. The number of benzene rings is 1. The van der Waals surface area contributed by atoms with Gasteiger partial charge in [0.15, 0.2) is 5.82 Å². The third kappa shape index (κ3) is 4.82. The molecular weight excluding hydrogens is 362 g/mol. The van der Waals surface area contributed by atoms with E-state index in [-0.39, 0.29) is 0 Å². The Kier molecular flexibility index (Phi) is 6.20. The summed E-state index contributed by atoms with van der Waals surface area (Å²) in [4.78, 5) is 14.1. The molecule has 0 aliphatic carbocycles. The van der Waals surface area contributed by atoms with Gasteiger partial charge in [0.25, 0.3) is 5.89 Å². The first kappa shape index (κ1) is 19.6. The first-order valence-corrected chi connectivity index (χ1v) is 10.5. The summed E-state index contributed by atoms with van der Waals surface area (Å²) in [6.45, 7) is 9.28. The Balaban J connectivity index is 1.48. The van der Waals surface area contributed by atoms with Gasteiger partial charge in [0, 0.05) is 45.3 Å². The fraction of sp³-hybridized carbons (Fsp3) is 0.435. The van der Waals surface area contributed by atoms with Crippen molar-refractivity contribution in [2.75, 3.05) is 31.1 Å². The second kappa shape index (κ2) is 9.18. The Hall–Kier alpha value is -2.73. The summed E-state index contributed by atoms with van der Waals surface area (Å²) in [5.41, 5.74) is 3.62. The predicted octanol–water partition coefficient (Wildman–Crippen LogP) is 4.10. The van der Waals surface area contributed by atoms with Crippen molar-refractivity contribution >= 4 is 5.82 Å². The normalized spacial score (nSPS) is 15.4. The monoisotopic (exact) mass is 391 g/mol. The molecule has 0 spiro atoms. The lowest BCUT2D eigenvalue weighted by molar-refractivity contribution is 0.285. The second-order valence-electron chi connectivity index (χ2n) is 7.75. The summed E-state index contributed by atoms with van der Waals surface area (Å²) < 4.78 is 5.54. The van der Waals surface area contributed by atoms with Crippen molar-refractivity contribution in [3.8, 4) is 11.5 Å². The van der Waals surface area contributed by atoms with E-state index in [9.17, 15) is 0 Å². The number of aryl methyl sites for hydroxylation is 2. The summed E-state index contributed by atoms with van der Waals surface area (Å²) >= 11 is 0. The van der Waals surface area contributed by atoms with Gasteiger partial charge in [-0.1, -0.05) is 41.9 Å². The molecule has 4 rings (SSSR count). The molecule has 1 aromatic carbocycles. The topological polar surface area (TPSA) is 58.3 Å². The van der Waals surface area contributed by atoms with Gasteiger partial charge < -0.3 is 9.42 Å². The molecule has 0 bridgehead atoms. The van der Waals surface area contributed by atoms with E-state index in [1.807, 2.05) is 18.3 Å². The molecule has 152 valence electrons. The molecule has 1 aliphatic rings. The van der Waals surface area contributed by atoms with Gasteiger partial charge in [-0.3, -0.25) is 4.90 Å². The van der Waals surface area contributed by atoms with Crippen LogP contribution in [0.3, 0.4) is 0 Å². The van der Waals surface area contributed by atoms with Crippen LogP contribution in [0.15, 0.2) is 47.1 Å². The maximum atomic E-state index is 5.54. The highest BCUT2D eigenvalue weighted by Crippen LogP contribution is 2.28. The maximum absolute atomic E-state index is 5.54. The van der Waals surface area contributed by atoms with Gasteiger partial charge >= 0.3 is 0 Å². The first-order valence-electron chi connectivity index (χ1n) is 10.5. The molecule has 3 aromatic rings. The molecule has 2 aromatic heterocycles. The van der Waals surface area contributed by atoms with Gasteiger partial charge in [-0.05, 0) is 37.5 Å². The van der Waals surface area contributed by atoms with E-state index in [1.54, 1.807) is 0 Å². The van der Waals surface area contributed by atoms with E-state index in [2.05, 4.69) is 63.0 Å². The average Bonchev–Trinajstić information content (AvgIpc) is 3.07. The molecule has 6 nitrogen and oxygen atoms in total. The van der Waals surface area contributed by atoms with Crippen molar-refractivity contribution in [2.24, 2.45) is 0 Å². The quantitative estimate of drug-likeness (QED) is 0.630. The largest absolute Gasteiger partial charge is 0.355 e. The lowest BCUT2D eigenvalue weighted by Crippen LogP contribution is -2.31. The lowest BCUT2D eigenvalue weighted by Gasteiger charge is -2.24. The highest BCUT2D eigenvalue weighted by molar-refractivity contribution is 5.69. The fourth-order valence-electron chi connectivity index (χ4n) is 3.91. The maximum Gasteiger partial charge on any atom is 0.261 e. The Morgan fingerprint density at radius 2 is 2.00 bits per heavy atom. The molecule has 0 amide bonds. The van der Waals surface area contributed by atoms with Crippen LogP contribution >= 0.6 is 0 Å². The highest BCUT2D eigenvalue weighted by Gasteiger charge is 2.21. The van der Waals surface area contributed by atoms with Crippen LogP contribution in [-0.2, 0) is 13.0 Å². The van der Waals surface area contributed by atoms with E-state index in [4.69, 9.17) is 4.52 Å². The third-order valence-electron chi connectivity index (χ3n) is 5.34. The number of hydrogen-bond acceptors (Lipinski definition) is 6. The van der Waals surface area contributed by atoms with Crippen LogP contribution in [0.5, 0.6) is 0 Å². The number of nitrogens with zero attached hydrogens (tertiary/aromatic N) is 5. The number of anilines is 1. The zero-order chi connectivity index (χ0) is 20.1. The number of hydrogen-bond donors (Lipinski definition) is 0. The van der Waals surface area contributed by atoms with Crippen LogP contribution in [0, 0.1) is 6.92 Å². The SMILES string of the molecule is CCCc1noc(-c2cccnc2N2CCCN(Cc3cccc(C)c3)CC2)n1. The first-order chi connectivity index (χ1) is 14.2. The van der Waals surface area contributed by atoms with E-state index in [1.165, 1.54) is 11.1 Å². The van der Waals surface area contributed by atoms with Gasteiger partial charge in [0.1, 0.15) is 5.82 Å². The molecule has 0 radical (unpaired) electrons. The van der Waals surface area contributed by atoms with Crippen molar-refractivity contribution in [1.29, 1.82) is 0 Å². The highest BCUT2D eigenvalue weighted by atomic mass is 16.5. The van der Waals surface area contributed by atoms with E-state index in [0.717, 1.165) is 69.2 Å². The zero-order valence-electron chi connectivity index (χ0n) is 17.3. The summed E-state index contributed by atoms with van der Waals surface area (Å²) in [6, 6.07) is 12.8. The van der Waals surface area contributed by atoms with Crippen LogP contribution < -0.4 is 4.90 Å². The van der Waals surface area contributed by atoms with Gasteiger partial charge in [-0.25, -0.2) is 4.98 Å². The van der Waals surface area contributed by atoms with Crippen LogP contribution in [0.1, 0.15) is 36.7 Å². The standard InChI is InChI=1S/C23H29N5O/c1-3-7-21-25-23(29-26-21)20-10-5-11-24-22(20)28-13-6-12-27(14-15-28)17-19-9-4-8-18(2)16-19/h4-5,8-11,16H,3,6-7,12-15,17H2,1-2H3. The van der Waals surface area contributed by atoms with Crippen LogP contribution in [-0.4, -0.2) is 46.2 Å². The van der Waals surface area contributed by atoms with Gasteiger partial charge in [-0.15, -0.1) is 0 Å². The van der Waals surface area contributed by atoms with Gasteiger partial charge in [0.2, 0.25) is 0 Å². The Morgan fingerprint density at radius 3 is 2.86 bits per heavy atom. The fourth-order valence-corrected chi connectivity index (χ4v) is 3.91. The summed E-state index contributed by atoms with van der Waals surface area (Å²) in [6.07, 6.45) is 4.78. The number of pyridine rings is 1. The predicted molar refractivity (Wildman–Crippen MR) is 115 cm³/mol. The van der Waals surface area contributed by atoms with E-state index < -0.39 is 0 Å². The molecule has 0 atom stereocenters. The molecule has 0 unspecified atom stereocenters. The Labute approximate surface area is 172 Å². The third-order valence-corrected chi connectivity index (χ3v) is 5.34. The van der Waals surface area contributed by atoms with E-state index >= 15 is 0 Å². The van der Waals surface area contributed by atoms with Crippen molar-refractivity contribution in [3.05, 3.63) is 59.5 Å². The van der Waals surface area contributed by atoms with Crippen LogP contribution in [0.25, 0.3) is 11.5 Å².